The second-order valence-electron chi connectivity index (χ2n) is 7.13. The van der Waals surface area contributed by atoms with Crippen molar-refractivity contribution in [2.75, 3.05) is 21.5 Å². The molecule has 1 heterocycles. The van der Waals surface area contributed by atoms with Gasteiger partial charge in [0.1, 0.15) is 0 Å². The Bertz CT molecular complexity index is 1110. The summed E-state index contributed by atoms with van der Waals surface area (Å²) in [6, 6.07) is 11.8. The number of sulfonamides is 1. The second kappa shape index (κ2) is 8.62. The normalized spacial score (nSPS) is 20.5. The number of aliphatic hydroxyl groups excluding tert-OH is 1. The van der Waals surface area contributed by atoms with Crippen molar-refractivity contribution in [1.29, 1.82) is 0 Å². The molecule has 0 radical (unpaired) electrons. The lowest BCUT2D eigenvalue weighted by Crippen LogP contribution is -2.31. The minimum Gasteiger partial charge on any atom is -0.390 e. The summed E-state index contributed by atoms with van der Waals surface area (Å²) in [7, 11) is -7.06. The van der Waals surface area contributed by atoms with Crippen LogP contribution in [-0.4, -0.2) is 51.5 Å². The Morgan fingerprint density at radius 1 is 1.03 bits per heavy atom. The van der Waals surface area contributed by atoms with Crippen LogP contribution in [0.4, 0.5) is 11.4 Å². The van der Waals surface area contributed by atoms with Crippen LogP contribution < -0.4 is 15.4 Å². The molecule has 4 N–H and O–H groups in total. The first-order valence-electron chi connectivity index (χ1n) is 9.15. The zero-order valence-electron chi connectivity index (χ0n) is 16.2. The van der Waals surface area contributed by atoms with Gasteiger partial charge in [-0.2, -0.15) is 0 Å². The first-order valence-corrected chi connectivity index (χ1v) is 12.5. The number of aliphatic hydroxyl groups is 1. The van der Waals surface area contributed by atoms with Gasteiger partial charge in [0.25, 0.3) is 10.0 Å². The predicted octanol–water partition coefficient (Wildman–Crippen LogP) is 0.693. The van der Waals surface area contributed by atoms with Crippen molar-refractivity contribution < 1.29 is 26.7 Å². The van der Waals surface area contributed by atoms with Crippen molar-refractivity contribution in [3.63, 3.8) is 0 Å². The SMILES string of the molecule is CC(=O)NCc1ccc(S(=O)(=O)Nc2ccc(N[C@@H]3CS(=O)(=O)C[C@@H]3O)cc2)cc1. The molecule has 2 atom stereocenters. The van der Waals surface area contributed by atoms with Gasteiger partial charge in [0.05, 0.1) is 28.5 Å². The van der Waals surface area contributed by atoms with Gasteiger partial charge >= 0.3 is 0 Å². The van der Waals surface area contributed by atoms with Crippen LogP contribution in [0.2, 0.25) is 0 Å². The van der Waals surface area contributed by atoms with Gasteiger partial charge in [0, 0.05) is 24.8 Å². The van der Waals surface area contributed by atoms with Gasteiger partial charge in [-0.25, -0.2) is 16.8 Å². The van der Waals surface area contributed by atoms with E-state index in [0.717, 1.165) is 5.56 Å². The Morgan fingerprint density at radius 2 is 1.63 bits per heavy atom. The van der Waals surface area contributed by atoms with Gasteiger partial charge in [0.15, 0.2) is 9.84 Å². The lowest BCUT2D eigenvalue weighted by molar-refractivity contribution is -0.119. The predicted molar refractivity (Wildman–Crippen MR) is 113 cm³/mol. The number of hydrogen-bond acceptors (Lipinski definition) is 7. The largest absolute Gasteiger partial charge is 0.390 e. The van der Waals surface area contributed by atoms with E-state index in [-0.39, 0.29) is 22.3 Å². The summed E-state index contributed by atoms with van der Waals surface area (Å²) in [4.78, 5) is 11.0. The molecule has 1 saturated heterocycles. The van der Waals surface area contributed by atoms with Crippen molar-refractivity contribution in [3.8, 4) is 0 Å². The quantitative estimate of drug-likeness (QED) is 0.483. The van der Waals surface area contributed by atoms with Gasteiger partial charge in [0.2, 0.25) is 5.91 Å². The highest BCUT2D eigenvalue weighted by Crippen LogP contribution is 2.22. The molecule has 2 aromatic carbocycles. The summed E-state index contributed by atoms with van der Waals surface area (Å²) in [6.45, 7) is 1.72. The number of nitrogens with one attached hydrogen (secondary N) is 3. The monoisotopic (exact) mass is 453 g/mol. The summed E-state index contributed by atoms with van der Waals surface area (Å²) in [5, 5.41) is 15.4. The third-order valence-corrected chi connectivity index (χ3v) is 7.70. The van der Waals surface area contributed by atoms with Crippen LogP contribution >= 0.6 is 0 Å². The lowest BCUT2D eigenvalue weighted by Gasteiger charge is -2.16. The summed E-state index contributed by atoms with van der Waals surface area (Å²) in [6.07, 6.45) is -0.984. The van der Waals surface area contributed by atoms with Crippen LogP contribution in [0.15, 0.2) is 53.4 Å². The Labute approximate surface area is 175 Å². The number of carbonyl (C=O) groups is 1. The molecule has 11 heteroatoms. The standard InChI is InChI=1S/C19H23N3O6S2/c1-13(23)20-10-14-2-8-17(9-3-14)30(27,28)22-16-6-4-15(5-7-16)21-18-11-29(25,26)12-19(18)24/h2-9,18-19,21-22,24H,10-12H2,1H3,(H,20,23)/t18-,19+/m1/s1. The molecule has 0 aromatic heterocycles. The minimum absolute atomic E-state index is 0.0792. The fourth-order valence-electron chi connectivity index (χ4n) is 3.04. The first-order chi connectivity index (χ1) is 14.0. The number of benzene rings is 2. The van der Waals surface area contributed by atoms with Gasteiger partial charge < -0.3 is 15.7 Å². The van der Waals surface area contributed by atoms with E-state index in [1.165, 1.54) is 19.1 Å². The van der Waals surface area contributed by atoms with E-state index in [2.05, 4.69) is 15.4 Å². The average molecular weight is 454 g/mol. The summed E-state index contributed by atoms with van der Waals surface area (Å²) in [5.74, 6) is -0.595. The zero-order valence-corrected chi connectivity index (χ0v) is 17.8. The maximum Gasteiger partial charge on any atom is 0.261 e. The molecule has 1 aliphatic rings. The number of carbonyl (C=O) groups excluding carboxylic acids is 1. The summed E-state index contributed by atoms with van der Waals surface area (Å²) >= 11 is 0. The highest BCUT2D eigenvalue weighted by molar-refractivity contribution is 7.92. The molecule has 9 nitrogen and oxygen atoms in total. The van der Waals surface area contributed by atoms with Gasteiger partial charge in [-0.05, 0) is 42.0 Å². The van der Waals surface area contributed by atoms with E-state index in [1.807, 2.05) is 0 Å². The third kappa shape index (κ3) is 5.71. The third-order valence-electron chi connectivity index (χ3n) is 4.59. The summed E-state index contributed by atoms with van der Waals surface area (Å²) < 4.78 is 50.8. The molecule has 0 spiro atoms. The molecule has 0 aliphatic carbocycles. The fourth-order valence-corrected chi connectivity index (χ4v) is 5.84. The number of amides is 1. The first kappa shape index (κ1) is 22.1. The van der Waals surface area contributed by atoms with E-state index in [1.54, 1.807) is 36.4 Å². The molecular weight excluding hydrogens is 430 g/mol. The Hall–Kier alpha value is -2.63. The molecular formula is C19H23N3O6S2. The second-order valence-corrected chi connectivity index (χ2v) is 11.0. The molecule has 3 rings (SSSR count). The van der Waals surface area contributed by atoms with E-state index in [0.29, 0.717) is 17.9 Å². The maximum atomic E-state index is 12.6. The van der Waals surface area contributed by atoms with Crippen LogP contribution in [0.1, 0.15) is 12.5 Å². The van der Waals surface area contributed by atoms with E-state index in [4.69, 9.17) is 0 Å². The van der Waals surface area contributed by atoms with Crippen LogP contribution in [0, 0.1) is 0 Å². The Morgan fingerprint density at radius 3 is 2.17 bits per heavy atom. The topological polar surface area (TPSA) is 142 Å². The molecule has 0 saturated carbocycles. The number of sulfone groups is 1. The van der Waals surface area contributed by atoms with Gasteiger partial charge in [-0.3, -0.25) is 9.52 Å². The highest BCUT2D eigenvalue weighted by atomic mass is 32.2. The van der Waals surface area contributed by atoms with Crippen molar-refractivity contribution in [3.05, 3.63) is 54.1 Å². The average Bonchev–Trinajstić information content (AvgIpc) is 2.93. The van der Waals surface area contributed by atoms with Gasteiger partial charge in [-0.15, -0.1) is 0 Å². The molecule has 30 heavy (non-hydrogen) atoms. The Kier molecular flexibility index (Phi) is 6.34. The Balaban J connectivity index is 1.63. The number of rotatable bonds is 7. The van der Waals surface area contributed by atoms with Gasteiger partial charge in [-0.1, -0.05) is 12.1 Å². The summed E-state index contributed by atoms with van der Waals surface area (Å²) in [5.41, 5.74) is 1.68. The van der Waals surface area contributed by atoms with Crippen LogP contribution in [0.25, 0.3) is 0 Å². The highest BCUT2D eigenvalue weighted by Gasteiger charge is 2.36. The molecule has 0 bridgehead atoms. The van der Waals surface area contributed by atoms with Crippen molar-refractivity contribution in [1.82, 2.24) is 5.32 Å². The zero-order chi connectivity index (χ0) is 21.9. The maximum absolute atomic E-state index is 12.6. The smallest absolute Gasteiger partial charge is 0.261 e. The molecule has 162 valence electrons. The fraction of sp³-hybridized carbons (Fsp3) is 0.316. The van der Waals surface area contributed by atoms with Crippen LogP contribution in [0.5, 0.6) is 0 Å². The van der Waals surface area contributed by atoms with E-state index < -0.39 is 32.0 Å². The lowest BCUT2D eigenvalue weighted by atomic mass is 10.2. The van der Waals surface area contributed by atoms with Crippen LogP contribution in [-0.2, 0) is 31.2 Å². The van der Waals surface area contributed by atoms with Crippen molar-refractivity contribution in [2.45, 2.75) is 30.5 Å². The van der Waals surface area contributed by atoms with Crippen molar-refractivity contribution >= 4 is 37.1 Å². The molecule has 1 amide bonds. The molecule has 2 aromatic rings. The number of hydrogen-bond donors (Lipinski definition) is 4. The van der Waals surface area contributed by atoms with E-state index in [9.17, 15) is 26.7 Å². The molecule has 1 fully saturated rings. The molecule has 1 aliphatic heterocycles. The van der Waals surface area contributed by atoms with Crippen molar-refractivity contribution in [2.24, 2.45) is 0 Å². The van der Waals surface area contributed by atoms with E-state index >= 15 is 0 Å². The van der Waals surface area contributed by atoms with Crippen LogP contribution in [0.3, 0.4) is 0 Å². The number of anilines is 2. The molecule has 0 unspecified atom stereocenters. The minimum atomic E-state index is -3.80.